The predicted molar refractivity (Wildman–Crippen MR) is 73.6 cm³/mol. The third-order valence-corrected chi connectivity index (χ3v) is 4.48. The van der Waals surface area contributed by atoms with Crippen LogP contribution in [-0.2, 0) is 10.0 Å². The van der Waals surface area contributed by atoms with Crippen molar-refractivity contribution in [3.8, 4) is 0 Å². The van der Waals surface area contributed by atoms with Gasteiger partial charge >= 0.3 is 0 Å². The second kappa shape index (κ2) is 5.55. The Morgan fingerprint density at radius 2 is 1.65 bits per heavy atom. The number of sulfonamides is 1. The summed E-state index contributed by atoms with van der Waals surface area (Å²) in [7, 11) is -4.04. The van der Waals surface area contributed by atoms with Gasteiger partial charge in [0.1, 0.15) is 11.6 Å². The molecular formula is C12H7Cl2F2NO2S. The maximum Gasteiger partial charge on any atom is 0.262 e. The van der Waals surface area contributed by atoms with Crippen molar-refractivity contribution >= 4 is 38.9 Å². The van der Waals surface area contributed by atoms with Crippen LogP contribution in [0.1, 0.15) is 0 Å². The van der Waals surface area contributed by atoms with Crippen molar-refractivity contribution in [3.63, 3.8) is 0 Å². The first-order valence-electron chi connectivity index (χ1n) is 5.22. The van der Waals surface area contributed by atoms with E-state index in [1.165, 1.54) is 12.1 Å². The molecule has 0 unspecified atom stereocenters. The molecule has 0 bridgehead atoms. The monoisotopic (exact) mass is 337 g/mol. The standard InChI is InChI=1S/C12H7Cl2F2NO2S/c13-9-3-2-8(6-10(9)14)20(18,19)17-12-4-1-7(15)5-11(12)16/h1-6,17H. The summed E-state index contributed by atoms with van der Waals surface area (Å²) in [5, 5.41) is 0.243. The first-order valence-corrected chi connectivity index (χ1v) is 7.46. The molecule has 3 nitrogen and oxygen atoms in total. The highest BCUT2D eigenvalue weighted by Gasteiger charge is 2.17. The number of anilines is 1. The molecule has 106 valence electrons. The van der Waals surface area contributed by atoms with E-state index in [0.717, 1.165) is 18.2 Å². The number of halogens is 4. The highest BCUT2D eigenvalue weighted by molar-refractivity contribution is 7.92. The summed E-state index contributed by atoms with van der Waals surface area (Å²) in [5.74, 6) is -1.83. The lowest BCUT2D eigenvalue weighted by Crippen LogP contribution is -2.14. The van der Waals surface area contributed by atoms with Gasteiger partial charge in [0.15, 0.2) is 0 Å². The minimum Gasteiger partial charge on any atom is -0.277 e. The summed E-state index contributed by atoms with van der Waals surface area (Å²) >= 11 is 11.4. The Labute approximate surface area is 124 Å². The van der Waals surface area contributed by atoms with Crippen LogP contribution < -0.4 is 4.72 Å². The number of hydrogen-bond acceptors (Lipinski definition) is 2. The smallest absolute Gasteiger partial charge is 0.262 e. The van der Waals surface area contributed by atoms with Crippen LogP contribution in [0.15, 0.2) is 41.3 Å². The third kappa shape index (κ3) is 3.20. The molecule has 2 aromatic rings. The van der Waals surface area contributed by atoms with Crippen molar-refractivity contribution in [3.05, 3.63) is 58.1 Å². The normalized spacial score (nSPS) is 11.4. The molecule has 0 heterocycles. The first-order chi connectivity index (χ1) is 9.29. The van der Waals surface area contributed by atoms with Crippen LogP contribution in [0.4, 0.5) is 14.5 Å². The number of hydrogen-bond donors (Lipinski definition) is 1. The summed E-state index contributed by atoms with van der Waals surface area (Å²) in [6.07, 6.45) is 0. The van der Waals surface area contributed by atoms with Gasteiger partial charge in [0.2, 0.25) is 0 Å². The third-order valence-electron chi connectivity index (χ3n) is 2.38. The fourth-order valence-electron chi connectivity index (χ4n) is 1.42. The Bertz CT molecular complexity index is 766. The van der Waals surface area contributed by atoms with Gasteiger partial charge < -0.3 is 0 Å². The average molecular weight is 338 g/mol. The molecule has 0 fully saturated rings. The van der Waals surface area contributed by atoms with Crippen LogP contribution in [-0.4, -0.2) is 8.42 Å². The Morgan fingerprint density at radius 3 is 2.25 bits per heavy atom. The van der Waals surface area contributed by atoms with Crippen LogP contribution in [0, 0.1) is 11.6 Å². The van der Waals surface area contributed by atoms with E-state index in [-0.39, 0.29) is 20.6 Å². The van der Waals surface area contributed by atoms with Crippen LogP contribution in [0.25, 0.3) is 0 Å². The quantitative estimate of drug-likeness (QED) is 0.917. The highest BCUT2D eigenvalue weighted by atomic mass is 35.5. The molecule has 0 saturated heterocycles. The van der Waals surface area contributed by atoms with Crippen molar-refractivity contribution in [2.24, 2.45) is 0 Å². The zero-order valence-corrected chi connectivity index (χ0v) is 12.0. The van der Waals surface area contributed by atoms with Crippen molar-refractivity contribution < 1.29 is 17.2 Å². The molecule has 0 spiro atoms. The van der Waals surface area contributed by atoms with Gasteiger partial charge in [-0.1, -0.05) is 23.2 Å². The van der Waals surface area contributed by atoms with E-state index in [4.69, 9.17) is 23.2 Å². The summed E-state index contributed by atoms with van der Waals surface area (Å²) in [6.45, 7) is 0. The Morgan fingerprint density at radius 1 is 0.950 bits per heavy atom. The summed E-state index contributed by atoms with van der Waals surface area (Å²) in [4.78, 5) is -0.185. The molecule has 0 aromatic heterocycles. The van der Waals surface area contributed by atoms with E-state index in [1.54, 1.807) is 0 Å². The second-order valence-electron chi connectivity index (χ2n) is 3.81. The van der Waals surface area contributed by atoms with Crippen molar-refractivity contribution in [1.29, 1.82) is 0 Å². The summed E-state index contributed by atoms with van der Waals surface area (Å²) < 4.78 is 52.2. The minimum atomic E-state index is -4.04. The number of nitrogens with one attached hydrogen (secondary N) is 1. The van der Waals surface area contributed by atoms with Crippen LogP contribution in [0.5, 0.6) is 0 Å². The van der Waals surface area contributed by atoms with Crippen LogP contribution in [0.2, 0.25) is 10.0 Å². The number of benzene rings is 2. The zero-order valence-electron chi connectivity index (χ0n) is 9.70. The maximum absolute atomic E-state index is 13.4. The Hall–Kier alpha value is -1.37. The second-order valence-corrected chi connectivity index (χ2v) is 6.30. The van der Waals surface area contributed by atoms with Gasteiger partial charge in [-0.05, 0) is 30.3 Å². The first kappa shape index (κ1) is 15.0. The average Bonchev–Trinajstić information content (AvgIpc) is 2.36. The molecule has 8 heteroatoms. The molecule has 0 atom stereocenters. The van der Waals surface area contributed by atoms with E-state index in [2.05, 4.69) is 0 Å². The number of rotatable bonds is 3. The topological polar surface area (TPSA) is 46.2 Å². The van der Waals surface area contributed by atoms with Crippen LogP contribution in [0.3, 0.4) is 0 Å². The van der Waals surface area contributed by atoms with Gasteiger partial charge in [-0.25, -0.2) is 17.2 Å². The van der Waals surface area contributed by atoms with Gasteiger partial charge in [0, 0.05) is 6.07 Å². The lowest BCUT2D eigenvalue weighted by Gasteiger charge is -2.09. The van der Waals surface area contributed by atoms with Gasteiger partial charge in [0.25, 0.3) is 10.0 Å². The Kier molecular flexibility index (Phi) is 4.17. The van der Waals surface area contributed by atoms with E-state index in [1.807, 2.05) is 4.72 Å². The van der Waals surface area contributed by atoms with E-state index in [9.17, 15) is 17.2 Å². The molecule has 0 amide bonds. The Balaban J connectivity index is 2.38. The van der Waals surface area contributed by atoms with E-state index >= 15 is 0 Å². The van der Waals surface area contributed by atoms with Gasteiger partial charge in [-0.15, -0.1) is 0 Å². The predicted octanol–water partition coefficient (Wildman–Crippen LogP) is 4.07. The van der Waals surface area contributed by atoms with Crippen molar-refractivity contribution in [2.45, 2.75) is 4.90 Å². The maximum atomic E-state index is 13.4. The van der Waals surface area contributed by atoms with Gasteiger partial charge in [0.05, 0.1) is 20.6 Å². The van der Waals surface area contributed by atoms with E-state index < -0.39 is 21.7 Å². The molecule has 2 aromatic carbocycles. The van der Waals surface area contributed by atoms with Crippen LogP contribution >= 0.6 is 23.2 Å². The fraction of sp³-hybridized carbons (Fsp3) is 0. The molecule has 0 aliphatic heterocycles. The zero-order chi connectivity index (χ0) is 14.9. The largest absolute Gasteiger partial charge is 0.277 e. The molecular weight excluding hydrogens is 331 g/mol. The minimum absolute atomic E-state index is 0.0501. The summed E-state index contributed by atoms with van der Waals surface area (Å²) in [5.41, 5.74) is -0.363. The van der Waals surface area contributed by atoms with Gasteiger partial charge in [-0.3, -0.25) is 4.72 Å². The molecule has 1 N–H and O–H groups in total. The van der Waals surface area contributed by atoms with Crippen molar-refractivity contribution in [1.82, 2.24) is 0 Å². The lowest BCUT2D eigenvalue weighted by atomic mass is 10.3. The molecule has 0 aliphatic rings. The molecule has 20 heavy (non-hydrogen) atoms. The fourth-order valence-corrected chi connectivity index (χ4v) is 2.88. The SMILES string of the molecule is O=S(=O)(Nc1ccc(F)cc1F)c1ccc(Cl)c(Cl)c1. The molecule has 0 saturated carbocycles. The molecule has 0 radical (unpaired) electrons. The molecule has 0 aliphatic carbocycles. The molecule has 2 rings (SSSR count). The highest BCUT2D eigenvalue weighted by Crippen LogP contribution is 2.26. The lowest BCUT2D eigenvalue weighted by molar-refractivity contribution is 0.583. The van der Waals surface area contributed by atoms with Gasteiger partial charge in [-0.2, -0.15) is 0 Å². The van der Waals surface area contributed by atoms with Crippen molar-refractivity contribution in [2.75, 3.05) is 4.72 Å². The van der Waals surface area contributed by atoms with E-state index in [0.29, 0.717) is 6.07 Å². The summed E-state index contributed by atoms with van der Waals surface area (Å²) in [6, 6.07) is 6.16.